The average molecular weight is 459 g/mol. The summed E-state index contributed by atoms with van der Waals surface area (Å²) in [6.07, 6.45) is 1.01. The molecule has 1 saturated heterocycles. The number of nitrogens with zero attached hydrogens (tertiary/aromatic N) is 1. The number of rotatable bonds is 6. The van der Waals surface area contributed by atoms with Crippen molar-refractivity contribution in [3.8, 4) is 0 Å². The number of sulfonamides is 1. The van der Waals surface area contributed by atoms with Crippen LogP contribution in [-0.2, 0) is 19.6 Å². The average Bonchev–Trinajstić information content (AvgIpc) is 2.74. The van der Waals surface area contributed by atoms with Gasteiger partial charge in [-0.1, -0.05) is 26.0 Å². The Labute approximate surface area is 189 Å². The Kier molecular flexibility index (Phi) is 7.36. The zero-order valence-electron chi connectivity index (χ0n) is 18.9. The third kappa shape index (κ3) is 5.75. The fourth-order valence-corrected chi connectivity index (χ4v) is 5.66. The number of carbonyl (C=O) groups is 2. The molecule has 0 aromatic heterocycles. The van der Waals surface area contributed by atoms with Gasteiger partial charge in [0.15, 0.2) is 6.61 Å². The van der Waals surface area contributed by atoms with Gasteiger partial charge in [0.25, 0.3) is 5.91 Å². The van der Waals surface area contributed by atoms with E-state index in [1.165, 1.54) is 28.6 Å². The van der Waals surface area contributed by atoms with Gasteiger partial charge < -0.3 is 10.1 Å². The molecule has 1 aliphatic heterocycles. The van der Waals surface area contributed by atoms with Crippen LogP contribution in [0.4, 0.5) is 5.69 Å². The second-order valence-corrected chi connectivity index (χ2v) is 10.7. The van der Waals surface area contributed by atoms with Gasteiger partial charge in [0.05, 0.1) is 10.5 Å². The van der Waals surface area contributed by atoms with Gasteiger partial charge in [-0.2, -0.15) is 4.31 Å². The van der Waals surface area contributed by atoms with Gasteiger partial charge in [-0.05, 0) is 73.6 Å². The number of anilines is 1. The van der Waals surface area contributed by atoms with Crippen LogP contribution < -0.4 is 5.32 Å². The Morgan fingerprint density at radius 3 is 2.28 bits per heavy atom. The Balaban J connectivity index is 1.60. The summed E-state index contributed by atoms with van der Waals surface area (Å²) in [5, 5.41) is 2.73. The maximum atomic E-state index is 13.0. The summed E-state index contributed by atoms with van der Waals surface area (Å²) in [6, 6.07) is 11.3. The molecule has 1 amide bonds. The predicted molar refractivity (Wildman–Crippen MR) is 123 cm³/mol. The van der Waals surface area contributed by atoms with E-state index in [9.17, 15) is 18.0 Å². The fraction of sp³-hybridized carbons (Fsp3) is 0.417. The van der Waals surface area contributed by atoms with Gasteiger partial charge in [0.2, 0.25) is 10.0 Å². The summed E-state index contributed by atoms with van der Waals surface area (Å²) >= 11 is 0. The zero-order chi connectivity index (χ0) is 23.5. The minimum absolute atomic E-state index is 0.142. The fourth-order valence-electron chi connectivity index (χ4n) is 3.99. The van der Waals surface area contributed by atoms with Gasteiger partial charge >= 0.3 is 5.97 Å². The first-order valence-corrected chi connectivity index (χ1v) is 12.1. The lowest BCUT2D eigenvalue weighted by Crippen LogP contribution is -2.42. The largest absolute Gasteiger partial charge is 0.452 e. The normalized spacial score (nSPS) is 19.4. The van der Waals surface area contributed by atoms with Crippen molar-refractivity contribution in [2.45, 2.75) is 39.0 Å². The van der Waals surface area contributed by atoms with Gasteiger partial charge in [0, 0.05) is 18.8 Å². The van der Waals surface area contributed by atoms with E-state index in [1.54, 1.807) is 0 Å². The molecule has 1 aliphatic rings. The van der Waals surface area contributed by atoms with Crippen molar-refractivity contribution in [2.24, 2.45) is 11.8 Å². The second kappa shape index (κ2) is 9.83. The number of amides is 1. The predicted octanol–water partition coefficient (Wildman–Crippen LogP) is 3.77. The number of esters is 1. The molecule has 3 rings (SSSR count). The van der Waals surface area contributed by atoms with E-state index in [0.29, 0.717) is 30.6 Å². The number of benzene rings is 2. The van der Waals surface area contributed by atoms with E-state index in [4.69, 9.17) is 4.74 Å². The molecule has 0 saturated carbocycles. The van der Waals surface area contributed by atoms with E-state index < -0.39 is 28.5 Å². The van der Waals surface area contributed by atoms with Crippen molar-refractivity contribution in [2.75, 3.05) is 25.0 Å². The molecule has 1 fully saturated rings. The van der Waals surface area contributed by atoms with Crippen LogP contribution >= 0.6 is 0 Å². The molecule has 2 unspecified atom stereocenters. The summed E-state index contributed by atoms with van der Waals surface area (Å²) < 4.78 is 32.5. The SMILES string of the molecule is Cc1ccc(C)c(NC(=O)COC(=O)c2ccc(S(=O)(=O)N3CC(C)CC(C)C3)cc2)c1. The highest BCUT2D eigenvalue weighted by atomic mass is 32.2. The summed E-state index contributed by atoms with van der Waals surface area (Å²) in [5.41, 5.74) is 2.77. The highest BCUT2D eigenvalue weighted by molar-refractivity contribution is 7.89. The lowest BCUT2D eigenvalue weighted by Gasteiger charge is -2.34. The van der Waals surface area contributed by atoms with Gasteiger partial charge in [-0.15, -0.1) is 0 Å². The van der Waals surface area contributed by atoms with Crippen molar-refractivity contribution in [1.82, 2.24) is 4.31 Å². The van der Waals surface area contributed by atoms with Crippen molar-refractivity contribution in [1.29, 1.82) is 0 Å². The number of carbonyl (C=O) groups excluding carboxylic acids is 2. The Morgan fingerprint density at radius 2 is 1.66 bits per heavy atom. The Bertz CT molecular complexity index is 1090. The van der Waals surface area contributed by atoms with Crippen LogP contribution in [0, 0.1) is 25.7 Å². The van der Waals surface area contributed by atoms with E-state index in [1.807, 2.05) is 45.9 Å². The van der Waals surface area contributed by atoms with Crippen LogP contribution in [0.15, 0.2) is 47.4 Å². The number of hydrogen-bond acceptors (Lipinski definition) is 5. The molecular formula is C24H30N2O5S. The smallest absolute Gasteiger partial charge is 0.338 e. The third-order valence-corrected chi connectivity index (χ3v) is 7.41. The Hall–Kier alpha value is -2.71. The summed E-state index contributed by atoms with van der Waals surface area (Å²) in [5.74, 6) is -0.528. The lowest BCUT2D eigenvalue weighted by molar-refractivity contribution is -0.119. The standard InChI is InChI=1S/C24H30N2O5S/c1-16-5-6-19(4)22(12-16)25-23(27)15-31-24(28)20-7-9-21(10-8-20)32(29,30)26-13-17(2)11-18(3)14-26/h5-10,12,17-18H,11,13-15H2,1-4H3,(H,25,27). The van der Waals surface area contributed by atoms with E-state index in [0.717, 1.165) is 17.5 Å². The molecule has 172 valence electrons. The summed E-state index contributed by atoms with van der Waals surface area (Å²) in [6.45, 7) is 8.45. The maximum absolute atomic E-state index is 13.0. The number of ether oxygens (including phenoxy) is 1. The number of hydrogen-bond donors (Lipinski definition) is 1. The molecule has 1 N–H and O–H groups in total. The molecule has 1 heterocycles. The second-order valence-electron chi connectivity index (χ2n) is 8.74. The van der Waals surface area contributed by atoms with Crippen LogP contribution in [0.2, 0.25) is 0 Å². The van der Waals surface area contributed by atoms with Crippen molar-refractivity contribution in [3.05, 3.63) is 59.2 Å². The van der Waals surface area contributed by atoms with E-state index in [2.05, 4.69) is 5.32 Å². The molecule has 8 heteroatoms. The number of aryl methyl sites for hydroxylation is 2. The lowest BCUT2D eigenvalue weighted by atomic mass is 9.94. The first kappa shape index (κ1) is 23.9. The molecule has 2 atom stereocenters. The molecule has 0 bridgehead atoms. The van der Waals surface area contributed by atoms with Crippen molar-refractivity contribution >= 4 is 27.6 Å². The van der Waals surface area contributed by atoms with Crippen LogP contribution in [-0.4, -0.2) is 44.3 Å². The molecular weight excluding hydrogens is 428 g/mol. The maximum Gasteiger partial charge on any atom is 0.338 e. The van der Waals surface area contributed by atoms with Crippen molar-refractivity contribution < 1.29 is 22.7 Å². The highest BCUT2D eigenvalue weighted by Gasteiger charge is 2.31. The van der Waals surface area contributed by atoms with Crippen LogP contribution in [0.3, 0.4) is 0 Å². The minimum atomic E-state index is -3.62. The highest BCUT2D eigenvalue weighted by Crippen LogP contribution is 2.27. The minimum Gasteiger partial charge on any atom is -0.452 e. The molecule has 7 nitrogen and oxygen atoms in total. The molecule has 32 heavy (non-hydrogen) atoms. The monoisotopic (exact) mass is 458 g/mol. The quantitative estimate of drug-likeness (QED) is 0.666. The van der Waals surface area contributed by atoms with Crippen LogP contribution in [0.1, 0.15) is 41.8 Å². The molecule has 0 spiro atoms. The summed E-state index contributed by atoms with van der Waals surface area (Å²) in [7, 11) is -3.62. The first-order chi connectivity index (χ1) is 15.1. The Morgan fingerprint density at radius 1 is 1.03 bits per heavy atom. The number of piperidine rings is 1. The molecule has 2 aromatic rings. The van der Waals surface area contributed by atoms with Gasteiger partial charge in [-0.3, -0.25) is 4.79 Å². The van der Waals surface area contributed by atoms with Crippen LogP contribution in [0.25, 0.3) is 0 Å². The zero-order valence-corrected chi connectivity index (χ0v) is 19.7. The van der Waals surface area contributed by atoms with Gasteiger partial charge in [0.1, 0.15) is 0 Å². The van der Waals surface area contributed by atoms with E-state index >= 15 is 0 Å². The molecule has 0 aliphatic carbocycles. The van der Waals surface area contributed by atoms with Crippen LogP contribution in [0.5, 0.6) is 0 Å². The van der Waals surface area contributed by atoms with Gasteiger partial charge in [-0.25, -0.2) is 13.2 Å². The summed E-state index contributed by atoms with van der Waals surface area (Å²) in [4.78, 5) is 24.6. The number of nitrogens with one attached hydrogen (secondary N) is 1. The molecule has 2 aromatic carbocycles. The van der Waals surface area contributed by atoms with Crippen molar-refractivity contribution in [3.63, 3.8) is 0 Å². The molecule has 0 radical (unpaired) electrons. The topological polar surface area (TPSA) is 92.8 Å². The third-order valence-electron chi connectivity index (χ3n) is 5.56. The van der Waals surface area contributed by atoms with E-state index in [-0.39, 0.29) is 10.5 Å². The first-order valence-electron chi connectivity index (χ1n) is 10.7.